The normalized spacial score (nSPS) is 10.3. The summed E-state index contributed by atoms with van der Waals surface area (Å²) < 4.78 is 5.53. The van der Waals surface area contributed by atoms with Crippen molar-refractivity contribution in [1.29, 1.82) is 0 Å². The number of hydrogen-bond donors (Lipinski definition) is 2. The first-order valence-corrected chi connectivity index (χ1v) is 6.72. The highest BCUT2D eigenvalue weighted by atomic mass is 16.5. The van der Waals surface area contributed by atoms with Crippen LogP contribution < -0.4 is 10.1 Å². The highest BCUT2D eigenvalue weighted by Crippen LogP contribution is 2.13. The molecule has 0 spiro atoms. The zero-order valence-corrected chi connectivity index (χ0v) is 11.9. The first-order chi connectivity index (χ1) is 9.49. The average molecular weight is 279 g/mol. The molecular weight excluding hydrogens is 258 g/mol. The van der Waals surface area contributed by atoms with E-state index in [1.54, 1.807) is 24.3 Å². The van der Waals surface area contributed by atoms with Crippen molar-refractivity contribution in [2.45, 2.75) is 26.7 Å². The lowest BCUT2D eigenvalue weighted by Gasteiger charge is -2.09. The van der Waals surface area contributed by atoms with Gasteiger partial charge in [-0.1, -0.05) is 13.8 Å². The predicted molar refractivity (Wildman–Crippen MR) is 76.0 cm³/mol. The zero-order valence-electron chi connectivity index (χ0n) is 11.9. The number of carboxylic acid groups (broad SMARTS) is 1. The van der Waals surface area contributed by atoms with Gasteiger partial charge < -0.3 is 15.2 Å². The van der Waals surface area contributed by atoms with E-state index in [0.29, 0.717) is 31.1 Å². The second kappa shape index (κ2) is 8.19. The summed E-state index contributed by atoms with van der Waals surface area (Å²) in [6, 6.07) is 6.91. The molecule has 5 heteroatoms. The van der Waals surface area contributed by atoms with Crippen LogP contribution in [0.5, 0.6) is 5.75 Å². The fraction of sp³-hybridized carbons (Fsp3) is 0.467. The van der Waals surface area contributed by atoms with Crippen LogP contribution in [0.25, 0.3) is 0 Å². The van der Waals surface area contributed by atoms with E-state index in [1.165, 1.54) is 0 Å². The van der Waals surface area contributed by atoms with Crippen LogP contribution in [0.4, 0.5) is 0 Å². The lowest BCUT2D eigenvalue weighted by molar-refractivity contribution is -0.137. The van der Waals surface area contributed by atoms with Crippen molar-refractivity contribution in [3.05, 3.63) is 29.8 Å². The molecule has 0 aliphatic rings. The van der Waals surface area contributed by atoms with Crippen molar-refractivity contribution >= 4 is 11.9 Å². The van der Waals surface area contributed by atoms with Crippen LogP contribution in [0.15, 0.2) is 24.3 Å². The summed E-state index contributed by atoms with van der Waals surface area (Å²) in [6.45, 7) is 5.13. The summed E-state index contributed by atoms with van der Waals surface area (Å²) in [5, 5.41) is 11.2. The van der Waals surface area contributed by atoms with Gasteiger partial charge >= 0.3 is 5.97 Å². The molecule has 2 N–H and O–H groups in total. The highest BCUT2D eigenvalue weighted by molar-refractivity contribution is 5.94. The van der Waals surface area contributed by atoms with Crippen molar-refractivity contribution in [1.82, 2.24) is 5.32 Å². The molecule has 5 nitrogen and oxygen atoms in total. The van der Waals surface area contributed by atoms with Gasteiger partial charge in [-0.05, 0) is 36.6 Å². The molecule has 0 saturated carbocycles. The van der Waals surface area contributed by atoms with Crippen LogP contribution in [0.2, 0.25) is 0 Å². The molecule has 0 fully saturated rings. The van der Waals surface area contributed by atoms with E-state index < -0.39 is 5.97 Å². The van der Waals surface area contributed by atoms with Gasteiger partial charge in [-0.15, -0.1) is 0 Å². The van der Waals surface area contributed by atoms with Crippen LogP contribution in [0.1, 0.15) is 37.0 Å². The smallest absolute Gasteiger partial charge is 0.303 e. The number of aliphatic carboxylic acids is 1. The van der Waals surface area contributed by atoms with E-state index >= 15 is 0 Å². The van der Waals surface area contributed by atoms with Gasteiger partial charge in [0.2, 0.25) is 0 Å². The molecule has 1 rings (SSSR count). The van der Waals surface area contributed by atoms with Crippen molar-refractivity contribution in [2.75, 3.05) is 13.2 Å². The van der Waals surface area contributed by atoms with Crippen LogP contribution in [0, 0.1) is 5.92 Å². The van der Waals surface area contributed by atoms with Gasteiger partial charge in [-0.3, -0.25) is 9.59 Å². The van der Waals surface area contributed by atoms with Gasteiger partial charge in [-0.25, -0.2) is 0 Å². The molecule has 0 atom stereocenters. The lowest BCUT2D eigenvalue weighted by atomic mass is 10.2. The van der Waals surface area contributed by atoms with Crippen LogP contribution in [-0.2, 0) is 4.79 Å². The number of nitrogens with one attached hydrogen (secondary N) is 1. The topological polar surface area (TPSA) is 75.6 Å². The van der Waals surface area contributed by atoms with Gasteiger partial charge in [0, 0.05) is 18.5 Å². The number of hydrogen-bond acceptors (Lipinski definition) is 3. The summed E-state index contributed by atoms with van der Waals surface area (Å²) >= 11 is 0. The molecular formula is C15H21NO4. The average Bonchev–Trinajstić information content (AvgIpc) is 2.41. The fourth-order valence-electron chi connectivity index (χ4n) is 1.51. The number of carbonyl (C=O) groups excluding carboxylic acids is 1. The first-order valence-electron chi connectivity index (χ1n) is 6.72. The molecule has 0 bridgehead atoms. The van der Waals surface area contributed by atoms with E-state index in [2.05, 4.69) is 19.2 Å². The summed E-state index contributed by atoms with van der Waals surface area (Å²) in [5.41, 5.74) is 0.539. The Kier molecular flexibility index (Phi) is 6.56. The second-order valence-corrected chi connectivity index (χ2v) is 4.98. The van der Waals surface area contributed by atoms with E-state index in [4.69, 9.17) is 9.84 Å². The van der Waals surface area contributed by atoms with E-state index in [-0.39, 0.29) is 12.3 Å². The Morgan fingerprint density at radius 1 is 1.25 bits per heavy atom. The van der Waals surface area contributed by atoms with E-state index in [0.717, 1.165) is 5.75 Å². The molecule has 0 aliphatic carbocycles. The predicted octanol–water partition coefficient (Wildman–Crippen LogP) is 2.32. The molecule has 1 aromatic rings. The van der Waals surface area contributed by atoms with E-state index in [1.807, 2.05) is 0 Å². The maximum Gasteiger partial charge on any atom is 0.303 e. The molecule has 110 valence electrons. The van der Waals surface area contributed by atoms with Gasteiger partial charge in [-0.2, -0.15) is 0 Å². The van der Waals surface area contributed by atoms with Crippen molar-refractivity contribution in [3.63, 3.8) is 0 Å². The summed E-state index contributed by atoms with van der Waals surface area (Å²) in [6.07, 6.45) is 0.485. The van der Waals surface area contributed by atoms with Crippen molar-refractivity contribution in [3.8, 4) is 5.75 Å². The first kappa shape index (κ1) is 16.0. The molecule has 0 heterocycles. The third-order valence-electron chi connectivity index (χ3n) is 2.55. The minimum Gasteiger partial charge on any atom is -0.493 e. The summed E-state index contributed by atoms with van der Waals surface area (Å²) in [7, 11) is 0. The molecule has 20 heavy (non-hydrogen) atoms. The molecule has 1 amide bonds. The molecule has 0 saturated heterocycles. The monoisotopic (exact) mass is 279 g/mol. The maximum absolute atomic E-state index is 11.8. The Labute approximate surface area is 118 Å². The van der Waals surface area contributed by atoms with Gasteiger partial charge in [0.25, 0.3) is 5.91 Å². The van der Waals surface area contributed by atoms with Gasteiger partial charge in [0.1, 0.15) is 5.75 Å². The Hall–Kier alpha value is -2.04. The SMILES string of the molecule is CC(C)COc1ccc(C(=O)NCCCC(=O)O)cc1. The third-order valence-corrected chi connectivity index (χ3v) is 2.55. The quantitative estimate of drug-likeness (QED) is 0.716. The van der Waals surface area contributed by atoms with E-state index in [9.17, 15) is 9.59 Å². The Morgan fingerprint density at radius 3 is 2.45 bits per heavy atom. The Morgan fingerprint density at radius 2 is 1.90 bits per heavy atom. The standard InChI is InChI=1S/C15H21NO4/c1-11(2)10-20-13-7-5-12(6-8-13)15(19)16-9-3-4-14(17)18/h5-8,11H,3-4,9-10H2,1-2H3,(H,16,19)(H,17,18). The minimum atomic E-state index is -0.856. The molecule has 0 unspecified atom stereocenters. The Balaban J connectivity index is 2.39. The summed E-state index contributed by atoms with van der Waals surface area (Å²) in [5.74, 6) is 0.130. The number of carbonyl (C=O) groups is 2. The minimum absolute atomic E-state index is 0.0578. The maximum atomic E-state index is 11.8. The largest absolute Gasteiger partial charge is 0.493 e. The lowest BCUT2D eigenvalue weighted by Crippen LogP contribution is -2.24. The molecule has 0 radical (unpaired) electrons. The fourth-order valence-corrected chi connectivity index (χ4v) is 1.51. The second-order valence-electron chi connectivity index (χ2n) is 4.98. The number of carboxylic acids is 1. The van der Waals surface area contributed by atoms with Crippen molar-refractivity contribution in [2.24, 2.45) is 5.92 Å². The zero-order chi connectivity index (χ0) is 15.0. The van der Waals surface area contributed by atoms with Gasteiger partial charge in [0.05, 0.1) is 6.61 Å². The van der Waals surface area contributed by atoms with Gasteiger partial charge in [0.15, 0.2) is 0 Å². The third kappa shape index (κ3) is 6.22. The number of ether oxygens (including phenoxy) is 1. The van der Waals surface area contributed by atoms with Crippen LogP contribution >= 0.6 is 0 Å². The molecule has 0 aromatic heterocycles. The Bertz CT molecular complexity index is 440. The highest BCUT2D eigenvalue weighted by Gasteiger charge is 2.06. The number of rotatable bonds is 8. The number of benzene rings is 1. The van der Waals surface area contributed by atoms with Crippen LogP contribution in [-0.4, -0.2) is 30.1 Å². The van der Waals surface area contributed by atoms with Crippen molar-refractivity contribution < 1.29 is 19.4 Å². The van der Waals surface area contributed by atoms with Crippen LogP contribution in [0.3, 0.4) is 0 Å². The summed E-state index contributed by atoms with van der Waals surface area (Å²) in [4.78, 5) is 22.1. The molecule has 0 aliphatic heterocycles. The number of amides is 1. The molecule has 1 aromatic carbocycles.